The molecule has 0 saturated carbocycles. The number of pyridine rings is 1. The van der Waals surface area contributed by atoms with Crippen LogP contribution in [0.1, 0.15) is 58.3 Å². The second-order valence-electron chi connectivity index (χ2n) is 4.81. The molecule has 0 aliphatic heterocycles. The topological polar surface area (TPSA) is 61.1 Å². The minimum Gasteiger partial charge on any atom is -0.750 e. The van der Waals surface area contributed by atoms with E-state index < -0.39 is 11.0 Å². The van der Waals surface area contributed by atoms with Gasteiger partial charge < -0.3 is 4.55 Å². The summed E-state index contributed by atoms with van der Waals surface area (Å²) in [4.78, 5) is 0. The predicted octanol–water partition coefficient (Wildman–Crippen LogP) is 2.84. The van der Waals surface area contributed by atoms with Crippen LogP contribution in [-0.2, 0) is 17.5 Å². The largest absolute Gasteiger partial charge is 0.750 e. The zero-order chi connectivity index (χ0) is 15.1. The third kappa shape index (κ3) is 15.1. The summed E-state index contributed by atoms with van der Waals surface area (Å²) in [5, 5.41) is 0. The monoisotopic (exact) mass is 301 g/mol. The zero-order valence-electron chi connectivity index (χ0n) is 12.4. The average molecular weight is 301 g/mol. The molecule has 0 aliphatic carbocycles. The summed E-state index contributed by atoms with van der Waals surface area (Å²) < 4.78 is 27.7. The molecule has 1 aromatic heterocycles. The summed E-state index contributed by atoms with van der Waals surface area (Å²) in [6, 6.07) is 6.28. The predicted molar refractivity (Wildman–Crippen MR) is 80.3 cm³/mol. The Kier molecular flexibility index (Phi) is 13.8. The number of hydrogen-bond donors (Lipinski definition) is 1. The molecule has 116 valence electrons. The van der Waals surface area contributed by atoms with Crippen molar-refractivity contribution in [3.05, 3.63) is 30.6 Å². The van der Waals surface area contributed by atoms with Gasteiger partial charge in [-0.3, -0.25) is 0 Å². The van der Waals surface area contributed by atoms with Crippen LogP contribution in [-0.4, -0.2) is 13.0 Å². The summed E-state index contributed by atoms with van der Waals surface area (Å²) in [5.41, 5.74) is 0. The molecule has 1 heterocycles. The molecule has 0 atom stereocenters. The maximum absolute atomic E-state index is 8.48. The van der Waals surface area contributed by atoms with Crippen LogP contribution in [0.4, 0.5) is 0 Å². The van der Waals surface area contributed by atoms with Crippen molar-refractivity contribution >= 4 is 11.0 Å². The van der Waals surface area contributed by atoms with Gasteiger partial charge in [-0.1, -0.05) is 51.5 Å². The van der Waals surface area contributed by atoms with E-state index in [-0.39, 0.29) is 0 Å². The lowest BCUT2D eigenvalue weighted by atomic mass is 10.1. The number of aromatic nitrogens is 1. The number of aryl methyl sites for hydroxylation is 1. The van der Waals surface area contributed by atoms with E-state index in [1.807, 2.05) is 0 Å². The molecule has 0 amide bonds. The van der Waals surface area contributed by atoms with E-state index in [4.69, 9.17) is 13.0 Å². The van der Waals surface area contributed by atoms with Gasteiger partial charge in [-0.2, -0.15) is 0 Å². The normalized spacial score (nSPS) is 10.2. The highest BCUT2D eigenvalue weighted by Crippen LogP contribution is 2.08. The maximum atomic E-state index is 8.48. The molecule has 20 heavy (non-hydrogen) atoms. The van der Waals surface area contributed by atoms with Crippen molar-refractivity contribution in [1.82, 2.24) is 0 Å². The Morgan fingerprint density at radius 1 is 0.850 bits per heavy atom. The van der Waals surface area contributed by atoms with Crippen molar-refractivity contribution in [3.8, 4) is 0 Å². The first kappa shape index (κ1) is 19.1. The van der Waals surface area contributed by atoms with E-state index in [0.717, 1.165) is 0 Å². The molecule has 0 aliphatic rings. The van der Waals surface area contributed by atoms with Crippen molar-refractivity contribution in [3.63, 3.8) is 0 Å². The van der Waals surface area contributed by atoms with Gasteiger partial charge in [0, 0.05) is 18.6 Å². The summed E-state index contributed by atoms with van der Waals surface area (Å²) in [6.45, 7) is 3.45. The van der Waals surface area contributed by atoms with Gasteiger partial charge >= 0.3 is 0 Å². The van der Waals surface area contributed by atoms with Crippen LogP contribution >= 0.6 is 0 Å². The van der Waals surface area contributed by atoms with Crippen LogP contribution in [0.25, 0.3) is 0 Å². The molecule has 0 aromatic carbocycles. The van der Waals surface area contributed by atoms with E-state index in [1.165, 1.54) is 57.9 Å². The summed E-state index contributed by atoms with van der Waals surface area (Å²) in [6.07, 6.45) is 15.5. The fraction of sp³-hybridized carbons (Fsp3) is 0.667. The summed E-state index contributed by atoms with van der Waals surface area (Å²) >= 11 is 0. The Labute approximate surface area is 124 Å². The van der Waals surface area contributed by atoms with Crippen molar-refractivity contribution in [1.29, 1.82) is 0 Å². The van der Waals surface area contributed by atoms with Gasteiger partial charge in [-0.05, 0) is 6.42 Å². The first-order valence-corrected chi connectivity index (χ1v) is 8.52. The molecular formula is C15H27NO3S. The molecule has 0 spiro atoms. The van der Waals surface area contributed by atoms with E-state index >= 15 is 0 Å². The Morgan fingerprint density at radius 3 is 1.80 bits per heavy atom. The van der Waals surface area contributed by atoms with Crippen LogP contribution in [0.3, 0.4) is 0 Å². The standard InChI is InChI=1S/C15H26N.H2O3S/c1-2-3-4-5-6-7-8-10-13-16-14-11-9-12-15-16;1-4(2)3/h9,11-12,14-15H,2-8,10,13H2,1H3;4H,(H,1,2,3)/q+1;/p-1. The smallest absolute Gasteiger partial charge is 0.168 e. The number of nitrogens with zero attached hydrogens (tertiary/aromatic N) is 1. The molecule has 0 radical (unpaired) electrons. The van der Waals surface area contributed by atoms with Crippen molar-refractivity contribution in [2.45, 2.75) is 64.8 Å². The molecule has 0 fully saturated rings. The van der Waals surface area contributed by atoms with Crippen LogP contribution in [0.5, 0.6) is 0 Å². The molecule has 0 unspecified atom stereocenters. The summed E-state index contributed by atoms with van der Waals surface area (Å²) in [7, 11) is -3.37. The van der Waals surface area contributed by atoms with Crippen molar-refractivity contribution in [2.24, 2.45) is 0 Å². The highest BCUT2D eigenvalue weighted by Gasteiger charge is 1.97. The lowest BCUT2D eigenvalue weighted by Gasteiger charge is -2.00. The number of thiol groups is 1. The number of hydrogen-bond acceptors (Lipinski definition) is 3. The lowest BCUT2D eigenvalue weighted by Crippen LogP contribution is -2.32. The van der Waals surface area contributed by atoms with Gasteiger partial charge in [-0.15, -0.1) is 0 Å². The molecule has 5 heteroatoms. The first-order valence-electron chi connectivity index (χ1n) is 7.42. The van der Waals surface area contributed by atoms with Gasteiger partial charge in [0.05, 0.1) is 11.0 Å². The third-order valence-electron chi connectivity index (χ3n) is 3.05. The molecule has 0 saturated heterocycles. The van der Waals surface area contributed by atoms with Crippen LogP contribution in [0, 0.1) is 0 Å². The lowest BCUT2D eigenvalue weighted by molar-refractivity contribution is -0.697. The van der Waals surface area contributed by atoms with E-state index in [0.29, 0.717) is 0 Å². The van der Waals surface area contributed by atoms with E-state index in [1.54, 1.807) is 0 Å². The second kappa shape index (κ2) is 14.5. The van der Waals surface area contributed by atoms with E-state index in [9.17, 15) is 0 Å². The molecular weight excluding hydrogens is 274 g/mol. The highest BCUT2D eigenvalue weighted by atomic mass is 32.2. The first-order chi connectivity index (χ1) is 9.66. The Bertz CT molecular complexity index is 372. The van der Waals surface area contributed by atoms with Crippen molar-refractivity contribution in [2.75, 3.05) is 0 Å². The third-order valence-corrected chi connectivity index (χ3v) is 3.05. The van der Waals surface area contributed by atoms with Gasteiger partial charge in [0.15, 0.2) is 12.4 Å². The van der Waals surface area contributed by atoms with Crippen LogP contribution in [0.15, 0.2) is 30.6 Å². The molecule has 0 bridgehead atoms. The fourth-order valence-electron chi connectivity index (χ4n) is 2.01. The molecule has 0 N–H and O–H groups in total. The average Bonchev–Trinajstić information content (AvgIpc) is 2.42. The maximum Gasteiger partial charge on any atom is 0.168 e. The number of unbranched alkanes of at least 4 members (excludes halogenated alkanes) is 7. The molecule has 1 aromatic rings. The second-order valence-corrected chi connectivity index (χ2v) is 5.26. The quantitative estimate of drug-likeness (QED) is 0.330. The highest BCUT2D eigenvalue weighted by molar-refractivity contribution is 7.66. The minimum absolute atomic E-state index is 1.18. The van der Waals surface area contributed by atoms with Gasteiger partial charge in [-0.25, -0.2) is 13.0 Å². The fourth-order valence-corrected chi connectivity index (χ4v) is 2.01. The van der Waals surface area contributed by atoms with Crippen molar-refractivity contribution < 1.29 is 17.5 Å². The number of rotatable bonds is 9. The summed E-state index contributed by atoms with van der Waals surface area (Å²) in [5.74, 6) is 0. The van der Waals surface area contributed by atoms with Gasteiger partial charge in [0.2, 0.25) is 0 Å². The van der Waals surface area contributed by atoms with Crippen LogP contribution < -0.4 is 4.57 Å². The Hall–Kier alpha value is -0.940. The van der Waals surface area contributed by atoms with Gasteiger partial charge in [0.1, 0.15) is 6.54 Å². The SMILES string of the molecule is CCCCCCCCCC[n+]1ccccc1.O=[SH](=O)[O-]. The van der Waals surface area contributed by atoms with Gasteiger partial charge in [0.25, 0.3) is 0 Å². The Balaban J connectivity index is 0.000000796. The van der Waals surface area contributed by atoms with E-state index in [2.05, 4.69) is 42.1 Å². The molecule has 1 rings (SSSR count). The minimum atomic E-state index is -3.37. The van der Waals surface area contributed by atoms with Crippen LogP contribution in [0.2, 0.25) is 0 Å². The zero-order valence-corrected chi connectivity index (χ0v) is 13.3. The Morgan fingerprint density at radius 2 is 1.30 bits per heavy atom. The molecule has 4 nitrogen and oxygen atoms in total.